The summed E-state index contributed by atoms with van der Waals surface area (Å²) >= 11 is 0. The Hall–Kier alpha value is -0.600. The Bertz CT molecular complexity index is 342. The van der Waals surface area contributed by atoms with Crippen LogP contribution in [0.2, 0.25) is 0 Å². The Labute approximate surface area is 135 Å². The van der Waals surface area contributed by atoms with Crippen LogP contribution in [-0.4, -0.2) is 29.8 Å². The van der Waals surface area contributed by atoms with Crippen molar-refractivity contribution in [3.05, 3.63) is 12.7 Å². The first-order chi connectivity index (χ1) is 10.5. The molecule has 0 aliphatic carbocycles. The second-order valence-corrected chi connectivity index (χ2v) is 8.43. The van der Waals surface area contributed by atoms with Crippen LogP contribution in [0.1, 0.15) is 71.1 Å². The Morgan fingerprint density at radius 2 is 1.50 bits per heavy atom. The lowest BCUT2D eigenvalue weighted by Crippen LogP contribution is -2.01. The first-order valence-electron chi connectivity index (χ1n) is 8.62. The van der Waals surface area contributed by atoms with Gasteiger partial charge in [0.1, 0.15) is 0 Å². The quantitative estimate of drug-likeness (QED) is 0.200. The lowest BCUT2D eigenvalue weighted by molar-refractivity contribution is -0.137. The Morgan fingerprint density at radius 3 is 2.05 bits per heavy atom. The van der Waals surface area contributed by atoms with E-state index in [1.54, 1.807) is 0 Å². The Balaban J connectivity index is 3.45. The van der Waals surface area contributed by atoms with Crippen molar-refractivity contribution < 1.29 is 19.0 Å². The van der Waals surface area contributed by atoms with E-state index < -0.39 is 13.3 Å². The number of hydrogen-bond acceptors (Lipinski definition) is 3. The molecule has 22 heavy (non-hydrogen) atoms. The summed E-state index contributed by atoms with van der Waals surface area (Å²) in [5.74, 6) is -0.390. The first kappa shape index (κ1) is 21.4. The summed E-state index contributed by atoms with van der Waals surface area (Å²) in [6, 6.07) is 0. The standard InChI is InChI=1S/C17H33O4P/c1-3-5-6-7-9-12-15-22(19,20)16-13-10-8-11-14-21-17(18)4-2/h4H,2-3,5-16H2,1H3,(H,19,20). The van der Waals surface area contributed by atoms with E-state index in [0.29, 0.717) is 18.9 Å². The second-order valence-electron chi connectivity index (χ2n) is 5.85. The normalized spacial score (nSPS) is 13.5. The average molecular weight is 332 g/mol. The number of ether oxygens (including phenoxy) is 1. The average Bonchev–Trinajstić information content (AvgIpc) is 2.49. The smallest absolute Gasteiger partial charge is 0.330 e. The third-order valence-electron chi connectivity index (χ3n) is 3.67. The van der Waals surface area contributed by atoms with Gasteiger partial charge in [0.2, 0.25) is 7.37 Å². The molecule has 4 nitrogen and oxygen atoms in total. The number of carbonyl (C=O) groups excluding carboxylic acids is 1. The van der Waals surface area contributed by atoms with E-state index in [9.17, 15) is 14.3 Å². The van der Waals surface area contributed by atoms with Crippen LogP contribution < -0.4 is 0 Å². The van der Waals surface area contributed by atoms with Crippen molar-refractivity contribution in [1.82, 2.24) is 0 Å². The van der Waals surface area contributed by atoms with Crippen molar-refractivity contribution in [3.63, 3.8) is 0 Å². The van der Waals surface area contributed by atoms with Gasteiger partial charge in [-0.1, -0.05) is 58.4 Å². The number of hydrogen-bond donors (Lipinski definition) is 1. The van der Waals surface area contributed by atoms with Crippen molar-refractivity contribution in [2.24, 2.45) is 0 Å². The van der Waals surface area contributed by atoms with Gasteiger partial charge in [0, 0.05) is 18.4 Å². The summed E-state index contributed by atoms with van der Waals surface area (Å²) < 4.78 is 16.9. The van der Waals surface area contributed by atoms with E-state index in [4.69, 9.17) is 4.74 Å². The van der Waals surface area contributed by atoms with Gasteiger partial charge in [-0.2, -0.15) is 0 Å². The summed E-state index contributed by atoms with van der Waals surface area (Å²) in [7, 11) is -2.92. The monoisotopic (exact) mass is 332 g/mol. The van der Waals surface area contributed by atoms with Gasteiger partial charge >= 0.3 is 5.97 Å². The summed E-state index contributed by atoms with van der Waals surface area (Å²) in [5.41, 5.74) is 0. The second kappa shape index (κ2) is 14.0. The molecule has 0 rings (SSSR count). The highest BCUT2D eigenvalue weighted by atomic mass is 31.2. The number of esters is 1. The van der Waals surface area contributed by atoms with Crippen LogP contribution in [0.5, 0.6) is 0 Å². The third kappa shape index (κ3) is 14.3. The van der Waals surface area contributed by atoms with Crippen LogP contribution in [0.4, 0.5) is 0 Å². The van der Waals surface area contributed by atoms with Crippen LogP contribution in [0.15, 0.2) is 12.7 Å². The molecule has 1 atom stereocenters. The highest BCUT2D eigenvalue weighted by Gasteiger charge is 2.16. The summed E-state index contributed by atoms with van der Waals surface area (Å²) in [5, 5.41) is 0. The molecule has 0 amide bonds. The molecule has 0 spiro atoms. The molecular formula is C17H33O4P. The molecule has 130 valence electrons. The van der Waals surface area contributed by atoms with E-state index in [1.165, 1.54) is 25.7 Å². The summed E-state index contributed by atoms with van der Waals surface area (Å²) in [6.07, 6.45) is 12.3. The third-order valence-corrected chi connectivity index (χ3v) is 5.70. The predicted octanol–water partition coefficient (Wildman–Crippen LogP) is 4.91. The van der Waals surface area contributed by atoms with E-state index in [2.05, 4.69) is 13.5 Å². The van der Waals surface area contributed by atoms with Crippen molar-refractivity contribution in [2.45, 2.75) is 71.1 Å². The van der Waals surface area contributed by atoms with Crippen LogP contribution >= 0.6 is 7.37 Å². The van der Waals surface area contributed by atoms with Gasteiger partial charge in [-0.3, -0.25) is 4.57 Å². The largest absolute Gasteiger partial charge is 0.463 e. The zero-order valence-corrected chi connectivity index (χ0v) is 15.0. The molecule has 0 bridgehead atoms. The van der Waals surface area contributed by atoms with Crippen molar-refractivity contribution in [1.29, 1.82) is 0 Å². The molecule has 0 radical (unpaired) electrons. The van der Waals surface area contributed by atoms with Gasteiger partial charge in [-0.25, -0.2) is 4.79 Å². The Kier molecular flexibility index (Phi) is 13.6. The molecule has 0 aromatic rings. The maximum Gasteiger partial charge on any atom is 0.330 e. The van der Waals surface area contributed by atoms with Gasteiger partial charge in [0.15, 0.2) is 0 Å². The molecule has 1 N–H and O–H groups in total. The van der Waals surface area contributed by atoms with Gasteiger partial charge in [0.05, 0.1) is 6.61 Å². The maximum atomic E-state index is 12.0. The van der Waals surface area contributed by atoms with Crippen molar-refractivity contribution >= 4 is 13.3 Å². The summed E-state index contributed by atoms with van der Waals surface area (Å²) in [4.78, 5) is 20.7. The van der Waals surface area contributed by atoms with E-state index in [0.717, 1.165) is 44.6 Å². The lowest BCUT2D eigenvalue weighted by atomic mass is 10.1. The molecule has 0 aromatic carbocycles. The highest BCUT2D eigenvalue weighted by Crippen LogP contribution is 2.42. The molecule has 0 saturated carbocycles. The fourth-order valence-electron chi connectivity index (χ4n) is 2.30. The SMILES string of the molecule is C=CC(=O)OCCCCCCP(=O)(O)CCCCCCCC. The first-order valence-corrected chi connectivity index (χ1v) is 10.6. The van der Waals surface area contributed by atoms with E-state index in [1.807, 2.05) is 0 Å². The van der Waals surface area contributed by atoms with Crippen LogP contribution in [0, 0.1) is 0 Å². The molecule has 0 fully saturated rings. The van der Waals surface area contributed by atoms with Gasteiger partial charge < -0.3 is 9.63 Å². The lowest BCUT2D eigenvalue weighted by Gasteiger charge is -2.11. The van der Waals surface area contributed by atoms with Crippen LogP contribution in [0.3, 0.4) is 0 Å². The van der Waals surface area contributed by atoms with Gasteiger partial charge in [-0.15, -0.1) is 0 Å². The topological polar surface area (TPSA) is 63.6 Å². The molecule has 0 heterocycles. The molecule has 0 aromatic heterocycles. The Morgan fingerprint density at radius 1 is 1.00 bits per heavy atom. The van der Waals surface area contributed by atoms with Crippen LogP contribution in [0.25, 0.3) is 0 Å². The molecule has 1 unspecified atom stereocenters. The molecular weight excluding hydrogens is 299 g/mol. The van der Waals surface area contributed by atoms with E-state index >= 15 is 0 Å². The number of rotatable bonds is 15. The minimum absolute atomic E-state index is 0.390. The summed E-state index contributed by atoms with van der Waals surface area (Å²) in [6.45, 7) is 5.92. The van der Waals surface area contributed by atoms with Crippen LogP contribution in [-0.2, 0) is 14.1 Å². The molecule has 0 saturated heterocycles. The zero-order valence-electron chi connectivity index (χ0n) is 14.1. The minimum Gasteiger partial charge on any atom is -0.463 e. The minimum atomic E-state index is -2.92. The molecule has 0 aliphatic rings. The fraction of sp³-hybridized carbons (Fsp3) is 0.824. The number of carbonyl (C=O) groups is 1. The fourth-order valence-corrected chi connectivity index (χ4v) is 3.96. The van der Waals surface area contributed by atoms with Crippen molar-refractivity contribution in [2.75, 3.05) is 18.9 Å². The van der Waals surface area contributed by atoms with Crippen molar-refractivity contribution in [3.8, 4) is 0 Å². The molecule has 0 aliphatic heterocycles. The number of unbranched alkanes of at least 4 members (excludes halogenated alkanes) is 8. The van der Waals surface area contributed by atoms with E-state index in [-0.39, 0.29) is 0 Å². The van der Waals surface area contributed by atoms with Gasteiger partial charge in [-0.05, 0) is 19.3 Å². The van der Waals surface area contributed by atoms with Gasteiger partial charge in [0.25, 0.3) is 0 Å². The zero-order chi connectivity index (χ0) is 16.7. The predicted molar refractivity (Wildman–Crippen MR) is 92.6 cm³/mol. The molecule has 5 heteroatoms. The maximum absolute atomic E-state index is 12.0. The highest BCUT2D eigenvalue weighted by molar-refractivity contribution is 7.57.